The normalized spacial score (nSPS) is 27.2. The van der Waals surface area contributed by atoms with Gasteiger partial charge in [-0.3, -0.25) is 4.90 Å². The molecule has 14 heavy (non-hydrogen) atoms. The SMILES string of the molecule is CCC(C)C1CN(CCF)CCCN1. The second-order valence-corrected chi connectivity index (χ2v) is 4.29. The van der Waals surface area contributed by atoms with Crippen molar-refractivity contribution in [2.45, 2.75) is 32.7 Å². The van der Waals surface area contributed by atoms with Gasteiger partial charge in [0.05, 0.1) is 0 Å². The number of nitrogens with zero attached hydrogens (tertiary/aromatic N) is 1. The number of hydrogen-bond acceptors (Lipinski definition) is 2. The number of rotatable bonds is 4. The molecule has 0 aliphatic carbocycles. The Kier molecular flexibility index (Phi) is 5.41. The van der Waals surface area contributed by atoms with Crippen molar-refractivity contribution in [2.24, 2.45) is 5.92 Å². The van der Waals surface area contributed by atoms with Crippen LogP contribution in [-0.2, 0) is 0 Å². The Hall–Kier alpha value is -0.150. The van der Waals surface area contributed by atoms with Crippen LogP contribution in [0.25, 0.3) is 0 Å². The van der Waals surface area contributed by atoms with E-state index in [1.165, 1.54) is 6.42 Å². The van der Waals surface area contributed by atoms with E-state index in [1.807, 2.05) is 0 Å². The molecule has 0 radical (unpaired) electrons. The lowest BCUT2D eigenvalue weighted by atomic mass is 9.99. The molecule has 1 rings (SSSR count). The van der Waals surface area contributed by atoms with Crippen molar-refractivity contribution in [3.05, 3.63) is 0 Å². The van der Waals surface area contributed by atoms with Crippen LogP contribution in [0.1, 0.15) is 26.7 Å². The van der Waals surface area contributed by atoms with Gasteiger partial charge in [0.2, 0.25) is 0 Å². The molecule has 0 spiro atoms. The van der Waals surface area contributed by atoms with Crippen molar-refractivity contribution >= 4 is 0 Å². The summed E-state index contributed by atoms with van der Waals surface area (Å²) in [4.78, 5) is 2.25. The molecule has 2 atom stereocenters. The molecule has 0 aromatic carbocycles. The average molecular weight is 202 g/mol. The second kappa shape index (κ2) is 6.36. The first-order chi connectivity index (χ1) is 6.77. The highest BCUT2D eigenvalue weighted by Gasteiger charge is 2.21. The second-order valence-electron chi connectivity index (χ2n) is 4.29. The van der Waals surface area contributed by atoms with Crippen LogP contribution in [0.2, 0.25) is 0 Å². The Morgan fingerprint density at radius 2 is 2.36 bits per heavy atom. The zero-order valence-corrected chi connectivity index (χ0v) is 9.43. The molecule has 0 aromatic rings. The van der Waals surface area contributed by atoms with Crippen molar-refractivity contribution in [1.29, 1.82) is 0 Å². The molecule has 1 aliphatic rings. The maximum Gasteiger partial charge on any atom is 0.102 e. The van der Waals surface area contributed by atoms with Crippen molar-refractivity contribution in [2.75, 3.05) is 32.9 Å². The van der Waals surface area contributed by atoms with E-state index in [2.05, 4.69) is 24.1 Å². The van der Waals surface area contributed by atoms with Gasteiger partial charge in [-0.05, 0) is 25.4 Å². The Labute approximate surface area is 86.9 Å². The van der Waals surface area contributed by atoms with E-state index >= 15 is 0 Å². The summed E-state index contributed by atoms with van der Waals surface area (Å²) in [5.41, 5.74) is 0. The van der Waals surface area contributed by atoms with Gasteiger partial charge in [-0.1, -0.05) is 20.3 Å². The van der Waals surface area contributed by atoms with Gasteiger partial charge < -0.3 is 5.32 Å². The predicted octanol–water partition coefficient (Wildman–Crippen LogP) is 1.67. The van der Waals surface area contributed by atoms with Gasteiger partial charge in [0, 0.05) is 19.1 Å². The van der Waals surface area contributed by atoms with Crippen LogP contribution in [0.3, 0.4) is 0 Å². The lowest BCUT2D eigenvalue weighted by molar-refractivity contribution is 0.221. The van der Waals surface area contributed by atoms with Crippen molar-refractivity contribution in [1.82, 2.24) is 10.2 Å². The van der Waals surface area contributed by atoms with Crippen LogP contribution >= 0.6 is 0 Å². The summed E-state index contributed by atoms with van der Waals surface area (Å²) in [6.07, 6.45) is 2.34. The summed E-state index contributed by atoms with van der Waals surface area (Å²) in [6, 6.07) is 0.550. The summed E-state index contributed by atoms with van der Waals surface area (Å²) in [5.74, 6) is 0.690. The van der Waals surface area contributed by atoms with E-state index in [9.17, 15) is 4.39 Å². The minimum atomic E-state index is -0.215. The van der Waals surface area contributed by atoms with E-state index in [-0.39, 0.29) is 6.67 Å². The number of hydrogen-bond donors (Lipinski definition) is 1. The molecule has 1 saturated heterocycles. The lowest BCUT2D eigenvalue weighted by Gasteiger charge is -2.27. The van der Waals surface area contributed by atoms with Gasteiger partial charge >= 0.3 is 0 Å². The Morgan fingerprint density at radius 1 is 1.57 bits per heavy atom. The molecular weight excluding hydrogens is 179 g/mol. The topological polar surface area (TPSA) is 15.3 Å². The highest BCUT2D eigenvalue weighted by Crippen LogP contribution is 2.11. The summed E-state index contributed by atoms with van der Waals surface area (Å²) in [6.45, 7) is 8.02. The number of nitrogens with one attached hydrogen (secondary N) is 1. The van der Waals surface area contributed by atoms with E-state index in [0.717, 1.165) is 26.1 Å². The molecule has 0 amide bonds. The van der Waals surface area contributed by atoms with Crippen molar-refractivity contribution < 1.29 is 4.39 Å². The molecule has 1 heterocycles. The highest BCUT2D eigenvalue weighted by molar-refractivity contribution is 4.79. The van der Waals surface area contributed by atoms with E-state index in [4.69, 9.17) is 0 Å². The smallest absolute Gasteiger partial charge is 0.102 e. The molecule has 1 N–H and O–H groups in total. The fourth-order valence-corrected chi connectivity index (χ4v) is 2.01. The molecule has 0 aromatic heterocycles. The van der Waals surface area contributed by atoms with Crippen molar-refractivity contribution in [3.8, 4) is 0 Å². The fraction of sp³-hybridized carbons (Fsp3) is 1.00. The van der Waals surface area contributed by atoms with Crippen LogP contribution < -0.4 is 5.32 Å². The standard InChI is InChI=1S/C11H23FN2/c1-3-10(2)11-9-14(8-5-12)7-4-6-13-11/h10-11,13H,3-9H2,1-2H3. The van der Waals surface area contributed by atoms with Gasteiger partial charge in [-0.2, -0.15) is 0 Å². The minimum Gasteiger partial charge on any atom is -0.312 e. The first-order valence-electron chi connectivity index (χ1n) is 5.79. The predicted molar refractivity (Wildman–Crippen MR) is 58.3 cm³/mol. The first-order valence-corrected chi connectivity index (χ1v) is 5.79. The maximum atomic E-state index is 12.3. The monoisotopic (exact) mass is 202 g/mol. The first kappa shape index (κ1) is 11.9. The van der Waals surface area contributed by atoms with Crippen LogP contribution in [0.4, 0.5) is 4.39 Å². The van der Waals surface area contributed by atoms with Crippen LogP contribution in [-0.4, -0.2) is 43.8 Å². The Morgan fingerprint density at radius 3 is 3.00 bits per heavy atom. The fourth-order valence-electron chi connectivity index (χ4n) is 2.01. The van der Waals surface area contributed by atoms with Crippen LogP contribution in [0.5, 0.6) is 0 Å². The van der Waals surface area contributed by atoms with E-state index < -0.39 is 0 Å². The van der Waals surface area contributed by atoms with Gasteiger partial charge in [0.25, 0.3) is 0 Å². The average Bonchev–Trinajstić information content (AvgIpc) is 2.43. The quantitative estimate of drug-likeness (QED) is 0.746. The third kappa shape index (κ3) is 3.54. The summed E-state index contributed by atoms with van der Waals surface area (Å²) < 4.78 is 12.3. The third-order valence-corrected chi connectivity index (χ3v) is 3.24. The summed E-state index contributed by atoms with van der Waals surface area (Å²) in [7, 11) is 0. The molecular formula is C11H23FN2. The molecule has 1 fully saturated rings. The van der Waals surface area contributed by atoms with Crippen LogP contribution in [0.15, 0.2) is 0 Å². The zero-order chi connectivity index (χ0) is 10.4. The number of alkyl halides is 1. The molecule has 0 saturated carbocycles. The molecule has 1 aliphatic heterocycles. The van der Waals surface area contributed by atoms with Crippen molar-refractivity contribution in [3.63, 3.8) is 0 Å². The minimum absolute atomic E-state index is 0.215. The molecule has 0 bridgehead atoms. The molecule has 84 valence electrons. The van der Waals surface area contributed by atoms with Gasteiger partial charge in [-0.15, -0.1) is 0 Å². The molecule has 3 heteroatoms. The van der Waals surface area contributed by atoms with Gasteiger partial charge in [0.15, 0.2) is 0 Å². The largest absolute Gasteiger partial charge is 0.312 e. The molecule has 2 unspecified atom stereocenters. The van der Waals surface area contributed by atoms with E-state index in [1.54, 1.807) is 0 Å². The third-order valence-electron chi connectivity index (χ3n) is 3.24. The van der Waals surface area contributed by atoms with Crippen LogP contribution in [0, 0.1) is 5.92 Å². The van der Waals surface area contributed by atoms with E-state index in [0.29, 0.717) is 18.5 Å². The maximum absolute atomic E-state index is 12.3. The lowest BCUT2D eigenvalue weighted by Crippen LogP contribution is -2.42. The summed E-state index contributed by atoms with van der Waals surface area (Å²) in [5, 5.41) is 3.56. The highest BCUT2D eigenvalue weighted by atomic mass is 19.1. The van der Waals surface area contributed by atoms with Gasteiger partial charge in [-0.25, -0.2) is 4.39 Å². The summed E-state index contributed by atoms with van der Waals surface area (Å²) >= 11 is 0. The Balaban J connectivity index is 2.42. The zero-order valence-electron chi connectivity index (χ0n) is 9.43. The Bertz CT molecular complexity index is 152. The van der Waals surface area contributed by atoms with Gasteiger partial charge in [0.1, 0.15) is 6.67 Å². The molecule has 2 nitrogen and oxygen atoms in total. The number of halogens is 1.